The van der Waals surface area contributed by atoms with Crippen LogP contribution >= 0.6 is 0 Å². The molecule has 4 aromatic rings. The topological polar surface area (TPSA) is 35.6 Å². The van der Waals surface area contributed by atoms with E-state index in [0.717, 1.165) is 40.9 Å². The lowest BCUT2D eigenvalue weighted by Gasteiger charge is -2.26. The standard InChI is InChI=1S/C22H19F2N4/c1-14-21(11-15-5-7-17(23)8-6-15)28(26-25-14)19-10-9-18-12-16-3-2-4-20(24)22(16)27(18)13-19/h2-8,19H,9-11,13H2,1H3. The molecule has 3 heterocycles. The lowest BCUT2D eigenvalue weighted by atomic mass is 10.0. The number of benzene rings is 2. The van der Waals surface area contributed by atoms with E-state index in [2.05, 4.69) is 16.4 Å². The Kier molecular flexibility index (Phi) is 4.00. The Bertz CT molecular complexity index is 1160. The number of hydrogen-bond donors (Lipinski definition) is 0. The Balaban J connectivity index is 1.50. The number of fused-ring (bicyclic) bond motifs is 3. The van der Waals surface area contributed by atoms with Gasteiger partial charge in [-0.25, -0.2) is 13.5 Å². The Hall–Kier alpha value is -3.02. The average molecular weight is 377 g/mol. The number of rotatable bonds is 3. The van der Waals surface area contributed by atoms with Crippen LogP contribution < -0.4 is 0 Å². The van der Waals surface area contributed by atoms with Gasteiger partial charge in [-0.1, -0.05) is 29.5 Å². The van der Waals surface area contributed by atoms with Gasteiger partial charge in [-0.05, 0) is 43.5 Å². The minimum absolute atomic E-state index is 0.0905. The predicted molar refractivity (Wildman–Crippen MR) is 102 cm³/mol. The van der Waals surface area contributed by atoms with Gasteiger partial charge in [0.15, 0.2) is 0 Å². The number of aryl methyl sites for hydroxylation is 2. The first-order valence-corrected chi connectivity index (χ1v) is 9.44. The van der Waals surface area contributed by atoms with Crippen molar-refractivity contribution in [2.24, 2.45) is 0 Å². The predicted octanol–water partition coefficient (Wildman–Crippen LogP) is 4.40. The number of nitrogens with zero attached hydrogens (tertiary/aromatic N) is 4. The molecule has 0 spiro atoms. The number of hydrogen-bond acceptors (Lipinski definition) is 2. The fraction of sp³-hybridized carbons (Fsp3) is 0.273. The van der Waals surface area contributed by atoms with Crippen LogP contribution in [0.3, 0.4) is 0 Å². The molecule has 1 aliphatic heterocycles. The molecule has 0 saturated heterocycles. The van der Waals surface area contributed by atoms with Crippen LogP contribution in [0, 0.1) is 24.6 Å². The Labute approximate surface area is 161 Å². The van der Waals surface area contributed by atoms with E-state index in [1.807, 2.05) is 22.2 Å². The summed E-state index contributed by atoms with van der Waals surface area (Å²) in [5, 5.41) is 9.48. The molecule has 4 nitrogen and oxygen atoms in total. The molecule has 0 N–H and O–H groups in total. The average Bonchev–Trinajstić information content (AvgIpc) is 3.24. The van der Waals surface area contributed by atoms with E-state index in [1.165, 1.54) is 18.2 Å². The maximum atomic E-state index is 14.4. The molecule has 1 atom stereocenters. The highest BCUT2D eigenvalue weighted by Crippen LogP contribution is 2.32. The molecule has 0 aliphatic carbocycles. The van der Waals surface area contributed by atoms with Gasteiger partial charge in [-0.15, -0.1) is 5.10 Å². The molecule has 141 valence electrons. The molecule has 28 heavy (non-hydrogen) atoms. The molecular formula is C22H19F2N4. The summed E-state index contributed by atoms with van der Waals surface area (Å²) in [5.74, 6) is -0.466. The van der Waals surface area contributed by atoms with Crippen molar-refractivity contribution in [2.45, 2.75) is 38.8 Å². The van der Waals surface area contributed by atoms with Crippen molar-refractivity contribution in [1.82, 2.24) is 19.6 Å². The lowest BCUT2D eigenvalue weighted by Crippen LogP contribution is -2.25. The molecule has 0 fully saturated rings. The van der Waals surface area contributed by atoms with Crippen molar-refractivity contribution in [3.63, 3.8) is 0 Å². The van der Waals surface area contributed by atoms with Gasteiger partial charge in [0.05, 0.1) is 22.9 Å². The molecule has 2 aromatic carbocycles. The van der Waals surface area contributed by atoms with Gasteiger partial charge >= 0.3 is 0 Å². The normalized spacial score (nSPS) is 16.5. The maximum absolute atomic E-state index is 14.4. The first-order chi connectivity index (χ1) is 13.6. The van der Waals surface area contributed by atoms with Gasteiger partial charge in [0.25, 0.3) is 0 Å². The SMILES string of the molecule is Cc1nnn(C2CCc3[c]c4cccc(F)c4n3C2)c1Cc1ccc(F)cc1. The van der Waals surface area contributed by atoms with E-state index in [0.29, 0.717) is 18.5 Å². The van der Waals surface area contributed by atoms with Gasteiger partial charge in [0.1, 0.15) is 11.6 Å². The fourth-order valence-corrected chi connectivity index (χ4v) is 4.14. The van der Waals surface area contributed by atoms with E-state index < -0.39 is 0 Å². The van der Waals surface area contributed by atoms with E-state index >= 15 is 0 Å². The van der Waals surface area contributed by atoms with Gasteiger partial charge in [-0.3, -0.25) is 0 Å². The summed E-state index contributed by atoms with van der Waals surface area (Å²) < 4.78 is 31.6. The zero-order valence-corrected chi connectivity index (χ0v) is 15.5. The smallest absolute Gasteiger partial charge is 0.147 e. The third-order valence-electron chi connectivity index (χ3n) is 5.59. The van der Waals surface area contributed by atoms with Crippen molar-refractivity contribution in [3.8, 4) is 0 Å². The summed E-state index contributed by atoms with van der Waals surface area (Å²) in [6.07, 6.45) is 2.34. The second-order valence-corrected chi connectivity index (χ2v) is 7.38. The Morgan fingerprint density at radius 3 is 2.79 bits per heavy atom. The van der Waals surface area contributed by atoms with Crippen molar-refractivity contribution in [2.75, 3.05) is 0 Å². The van der Waals surface area contributed by atoms with E-state index in [4.69, 9.17) is 0 Å². The summed E-state index contributed by atoms with van der Waals surface area (Å²) in [5.41, 5.74) is 4.54. The van der Waals surface area contributed by atoms with Crippen molar-refractivity contribution in [3.05, 3.63) is 82.8 Å². The van der Waals surface area contributed by atoms with E-state index in [9.17, 15) is 8.78 Å². The van der Waals surface area contributed by atoms with Crippen LogP contribution in [0.5, 0.6) is 0 Å². The van der Waals surface area contributed by atoms with Crippen molar-refractivity contribution >= 4 is 10.9 Å². The third kappa shape index (κ3) is 2.80. The Morgan fingerprint density at radius 1 is 1.14 bits per heavy atom. The largest absolute Gasteiger partial charge is 0.339 e. The number of para-hydroxylation sites is 1. The quantitative estimate of drug-likeness (QED) is 0.531. The van der Waals surface area contributed by atoms with Crippen molar-refractivity contribution < 1.29 is 8.78 Å². The van der Waals surface area contributed by atoms with Crippen LogP contribution in [-0.4, -0.2) is 19.6 Å². The molecule has 0 bridgehead atoms. The fourth-order valence-electron chi connectivity index (χ4n) is 4.14. The van der Waals surface area contributed by atoms with Gasteiger partial charge in [-0.2, -0.15) is 0 Å². The van der Waals surface area contributed by atoms with Gasteiger partial charge in [0.2, 0.25) is 0 Å². The first kappa shape index (κ1) is 17.1. The minimum atomic E-state index is -0.246. The second-order valence-electron chi connectivity index (χ2n) is 7.38. The van der Waals surface area contributed by atoms with Crippen LogP contribution in [0.15, 0.2) is 42.5 Å². The molecule has 0 saturated carbocycles. The maximum Gasteiger partial charge on any atom is 0.147 e. The molecule has 2 aromatic heterocycles. The molecule has 5 rings (SSSR count). The zero-order chi connectivity index (χ0) is 19.3. The van der Waals surface area contributed by atoms with Crippen LogP contribution in [0.25, 0.3) is 10.9 Å². The highest BCUT2D eigenvalue weighted by molar-refractivity contribution is 5.81. The number of halogens is 2. The Morgan fingerprint density at radius 2 is 1.96 bits per heavy atom. The highest BCUT2D eigenvalue weighted by Gasteiger charge is 2.26. The molecule has 1 aliphatic rings. The van der Waals surface area contributed by atoms with E-state index in [-0.39, 0.29) is 17.7 Å². The summed E-state index contributed by atoms with van der Waals surface area (Å²) in [6.45, 7) is 2.57. The summed E-state index contributed by atoms with van der Waals surface area (Å²) in [6, 6.07) is 15.1. The first-order valence-electron chi connectivity index (χ1n) is 9.44. The van der Waals surface area contributed by atoms with Crippen molar-refractivity contribution in [1.29, 1.82) is 0 Å². The summed E-state index contributed by atoms with van der Waals surface area (Å²) in [4.78, 5) is 0. The van der Waals surface area contributed by atoms with Gasteiger partial charge in [0, 0.05) is 30.1 Å². The molecule has 6 heteroatoms. The summed E-state index contributed by atoms with van der Waals surface area (Å²) in [7, 11) is 0. The number of aromatic nitrogens is 4. The molecule has 1 unspecified atom stereocenters. The van der Waals surface area contributed by atoms with Gasteiger partial charge < -0.3 is 4.57 Å². The van der Waals surface area contributed by atoms with Crippen LogP contribution in [0.2, 0.25) is 0 Å². The molecular weight excluding hydrogens is 358 g/mol. The molecule has 1 radical (unpaired) electrons. The highest BCUT2D eigenvalue weighted by atomic mass is 19.1. The van der Waals surface area contributed by atoms with Crippen LogP contribution in [0.4, 0.5) is 8.78 Å². The lowest BCUT2D eigenvalue weighted by molar-refractivity contribution is 0.329. The minimum Gasteiger partial charge on any atom is -0.339 e. The van der Waals surface area contributed by atoms with E-state index in [1.54, 1.807) is 18.2 Å². The van der Waals surface area contributed by atoms with Crippen LogP contribution in [-0.2, 0) is 19.4 Å². The third-order valence-corrected chi connectivity index (χ3v) is 5.59. The molecule has 0 amide bonds. The monoisotopic (exact) mass is 377 g/mol. The zero-order valence-electron chi connectivity index (χ0n) is 15.5. The second kappa shape index (κ2) is 6.55. The summed E-state index contributed by atoms with van der Waals surface area (Å²) >= 11 is 0. The van der Waals surface area contributed by atoms with Crippen LogP contribution in [0.1, 0.15) is 35.1 Å².